The summed E-state index contributed by atoms with van der Waals surface area (Å²) in [4.78, 5) is 11.7. The Morgan fingerprint density at radius 1 is 1.50 bits per heavy atom. The van der Waals surface area contributed by atoms with Crippen molar-refractivity contribution in [1.82, 2.24) is 10.6 Å². The van der Waals surface area contributed by atoms with Gasteiger partial charge in [0.1, 0.15) is 6.04 Å². The number of carbonyl (C=O) groups excluding carboxylic acids is 1. The fourth-order valence-electron chi connectivity index (χ4n) is 1.23. The van der Waals surface area contributed by atoms with Gasteiger partial charge in [0.2, 0.25) is 5.91 Å². The number of carbonyl (C=O) groups is 1. The Balaban J connectivity index is 2.33. The van der Waals surface area contributed by atoms with E-state index in [4.69, 9.17) is 4.74 Å². The first-order valence-electron chi connectivity index (χ1n) is 5.22. The molecule has 2 atom stereocenters. The molecular formula is C10H20N2O2. The maximum Gasteiger partial charge on any atom is 0.239 e. The van der Waals surface area contributed by atoms with E-state index in [2.05, 4.69) is 24.5 Å². The summed E-state index contributed by atoms with van der Waals surface area (Å²) in [6.45, 7) is 8.14. The number of hydrogen-bond donors (Lipinski definition) is 2. The average molecular weight is 200 g/mol. The molecule has 1 rings (SSSR count). The van der Waals surface area contributed by atoms with Crippen LogP contribution in [0.4, 0.5) is 0 Å². The van der Waals surface area contributed by atoms with Crippen LogP contribution < -0.4 is 10.6 Å². The summed E-state index contributed by atoms with van der Waals surface area (Å²) in [6.07, 6.45) is 0. The molecule has 1 aliphatic heterocycles. The third kappa shape index (κ3) is 3.27. The van der Waals surface area contributed by atoms with Crippen molar-refractivity contribution in [3.8, 4) is 0 Å². The SMILES string of the molecule is CC(C)C(C)NC(=O)C1COCCN1. The van der Waals surface area contributed by atoms with Gasteiger partial charge in [0.25, 0.3) is 0 Å². The van der Waals surface area contributed by atoms with E-state index < -0.39 is 0 Å². The van der Waals surface area contributed by atoms with Crippen LogP contribution in [0.15, 0.2) is 0 Å². The quantitative estimate of drug-likeness (QED) is 0.681. The molecule has 0 bridgehead atoms. The van der Waals surface area contributed by atoms with Crippen LogP contribution >= 0.6 is 0 Å². The lowest BCUT2D eigenvalue weighted by Gasteiger charge is -2.25. The Morgan fingerprint density at radius 3 is 2.71 bits per heavy atom. The molecule has 0 aliphatic carbocycles. The number of morpholine rings is 1. The highest BCUT2D eigenvalue weighted by Gasteiger charge is 2.22. The van der Waals surface area contributed by atoms with E-state index >= 15 is 0 Å². The van der Waals surface area contributed by atoms with Gasteiger partial charge in [-0.05, 0) is 12.8 Å². The van der Waals surface area contributed by atoms with Crippen molar-refractivity contribution < 1.29 is 9.53 Å². The first-order chi connectivity index (χ1) is 6.61. The average Bonchev–Trinajstić information content (AvgIpc) is 2.19. The van der Waals surface area contributed by atoms with Gasteiger partial charge in [-0.2, -0.15) is 0 Å². The Labute approximate surface area is 85.4 Å². The van der Waals surface area contributed by atoms with Gasteiger partial charge in [0.05, 0.1) is 13.2 Å². The normalized spacial score (nSPS) is 24.7. The summed E-state index contributed by atoms with van der Waals surface area (Å²) in [5.74, 6) is 0.509. The van der Waals surface area contributed by atoms with Gasteiger partial charge in [-0.15, -0.1) is 0 Å². The molecule has 1 amide bonds. The topological polar surface area (TPSA) is 50.4 Å². The summed E-state index contributed by atoms with van der Waals surface area (Å²) in [5, 5.41) is 6.09. The number of hydrogen-bond acceptors (Lipinski definition) is 3. The van der Waals surface area contributed by atoms with Crippen molar-refractivity contribution in [1.29, 1.82) is 0 Å². The van der Waals surface area contributed by atoms with Crippen molar-refractivity contribution in [2.24, 2.45) is 5.92 Å². The molecule has 1 fully saturated rings. The highest BCUT2D eigenvalue weighted by molar-refractivity contribution is 5.82. The molecule has 0 saturated carbocycles. The van der Waals surface area contributed by atoms with E-state index in [-0.39, 0.29) is 18.0 Å². The van der Waals surface area contributed by atoms with Crippen LogP contribution in [-0.4, -0.2) is 37.7 Å². The van der Waals surface area contributed by atoms with Crippen LogP contribution in [0.3, 0.4) is 0 Å². The maximum absolute atomic E-state index is 11.7. The fourth-order valence-corrected chi connectivity index (χ4v) is 1.23. The minimum Gasteiger partial charge on any atom is -0.378 e. The van der Waals surface area contributed by atoms with Crippen LogP contribution in [0.2, 0.25) is 0 Å². The second-order valence-electron chi connectivity index (χ2n) is 4.12. The van der Waals surface area contributed by atoms with Gasteiger partial charge in [-0.1, -0.05) is 13.8 Å². The van der Waals surface area contributed by atoms with Gasteiger partial charge in [0, 0.05) is 12.6 Å². The van der Waals surface area contributed by atoms with Crippen LogP contribution in [0.1, 0.15) is 20.8 Å². The predicted molar refractivity (Wildman–Crippen MR) is 55.1 cm³/mol. The summed E-state index contributed by atoms with van der Waals surface area (Å²) in [7, 11) is 0. The van der Waals surface area contributed by atoms with E-state index in [1.165, 1.54) is 0 Å². The van der Waals surface area contributed by atoms with Gasteiger partial charge in [-0.25, -0.2) is 0 Å². The summed E-state index contributed by atoms with van der Waals surface area (Å²) in [5.41, 5.74) is 0. The maximum atomic E-state index is 11.7. The zero-order valence-corrected chi connectivity index (χ0v) is 9.17. The molecule has 4 heteroatoms. The number of nitrogens with one attached hydrogen (secondary N) is 2. The molecule has 0 aromatic heterocycles. The molecule has 0 aromatic carbocycles. The molecule has 2 N–H and O–H groups in total. The molecule has 1 saturated heterocycles. The molecule has 1 aliphatic rings. The van der Waals surface area contributed by atoms with Crippen molar-refractivity contribution in [3.05, 3.63) is 0 Å². The third-order valence-electron chi connectivity index (χ3n) is 2.61. The Bertz CT molecular complexity index is 189. The number of rotatable bonds is 3. The number of ether oxygens (including phenoxy) is 1. The molecule has 2 unspecified atom stereocenters. The molecule has 4 nitrogen and oxygen atoms in total. The van der Waals surface area contributed by atoms with Crippen molar-refractivity contribution in [3.63, 3.8) is 0 Å². The van der Waals surface area contributed by atoms with Crippen molar-refractivity contribution in [2.75, 3.05) is 19.8 Å². The largest absolute Gasteiger partial charge is 0.378 e. The minimum atomic E-state index is -0.176. The van der Waals surface area contributed by atoms with Crippen LogP contribution in [0.25, 0.3) is 0 Å². The zero-order valence-electron chi connectivity index (χ0n) is 9.17. The second kappa shape index (κ2) is 5.32. The lowest BCUT2D eigenvalue weighted by Crippen LogP contribution is -2.53. The Morgan fingerprint density at radius 2 is 2.21 bits per heavy atom. The van der Waals surface area contributed by atoms with Crippen molar-refractivity contribution >= 4 is 5.91 Å². The minimum absolute atomic E-state index is 0.0471. The molecule has 0 spiro atoms. The van der Waals surface area contributed by atoms with Crippen LogP contribution in [0.5, 0.6) is 0 Å². The second-order valence-corrected chi connectivity index (χ2v) is 4.12. The van der Waals surface area contributed by atoms with Crippen molar-refractivity contribution in [2.45, 2.75) is 32.9 Å². The summed E-state index contributed by atoms with van der Waals surface area (Å²) < 4.78 is 5.22. The number of amides is 1. The van der Waals surface area contributed by atoms with Gasteiger partial charge in [-0.3, -0.25) is 4.79 Å². The Kier molecular flexibility index (Phi) is 4.35. The molecule has 82 valence electrons. The lowest BCUT2D eigenvalue weighted by molar-refractivity contribution is -0.126. The van der Waals surface area contributed by atoms with Crippen LogP contribution in [-0.2, 0) is 9.53 Å². The van der Waals surface area contributed by atoms with E-state index in [0.29, 0.717) is 19.1 Å². The molecule has 14 heavy (non-hydrogen) atoms. The molecule has 1 heterocycles. The van der Waals surface area contributed by atoms with E-state index in [0.717, 1.165) is 6.54 Å². The van der Waals surface area contributed by atoms with Crippen LogP contribution in [0, 0.1) is 5.92 Å². The summed E-state index contributed by atoms with van der Waals surface area (Å²) in [6, 6.07) is 0.0381. The first kappa shape index (κ1) is 11.5. The highest BCUT2D eigenvalue weighted by Crippen LogP contribution is 2.01. The van der Waals surface area contributed by atoms with E-state index in [1.807, 2.05) is 6.92 Å². The standard InChI is InChI=1S/C10H20N2O2/c1-7(2)8(3)12-10(13)9-6-14-5-4-11-9/h7-9,11H,4-6H2,1-3H3,(H,12,13). The smallest absolute Gasteiger partial charge is 0.239 e. The Hall–Kier alpha value is -0.610. The summed E-state index contributed by atoms with van der Waals surface area (Å²) >= 11 is 0. The van der Waals surface area contributed by atoms with E-state index in [1.54, 1.807) is 0 Å². The highest BCUT2D eigenvalue weighted by atomic mass is 16.5. The molecule has 0 radical (unpaired) electrons. The first-order valence-corrected chi connectivity index (χ1v) is 5.22. The molecule has 0 aromatic rings. The molecular weight excluding hydrogens is 180 g/mol. The van der Waals surface area contributed by atoms with Gasteiger partial charge >= 0.3 is 0 Å². The third-order valence-corrected chi connectivity index (χ3v) is 2.61. The van der Waals surface area contributed by atoms with Gasteiger partial charge < -0.3 is 15.4 Å². The van der Waals surface area contributed by atoms with Gasteiger partial charge in [0.15, 0.2) is 0 Å². The monoisotopic (exact) mass is 200 g/mol. The lowest BCUT2D eigenvalue weighted by atomic mass is 10.1. The predicted octanol–water partition coefficient (Wildman–Crippen LogP) is 0.136. The fraction of sp³-hybridized carbons (Fsp3) is 0.900. The van der Waals surface area contributed by atoms with E-state index in [9.17, 15) is 4.79 Å². The zero-order chi connectivity index (χ0) is 10.6.